The van der Waals surface area contributed by atoms with E-state index in [2.05, 4.69) is 15.7 Å². The van der Waals surface area contributed by atoms with Crippen molar-refractivity contribution in [2.45, 2.75) is 72.0 Å². The van der Waals surface area contributed by atoms with E-state index in [9.17, 15) is 14.0 Å². The summed E-state index contributed by atoms with van der Waals surface area (Å²) in [5, 5.41) is 10.9. The molecule has 1 fully saturated rings. The number of hydrogen-bond donors (Lipinski definition) is 2. The normalized spacial score (nSPS) is 15.7. The van der Waals surface area contributed by atoms with Gasteiger partial charge in [-0.1, -0.05) is 82.5 Å². The average Bonchev–Trinajstić information content (AvgIpc) is 3.21. The fraction of sp³-hybridized carbons (Fsp3) is 0.464. The van der Waals surface area contributed by atoms with Gasteiger partial charge in [-0.05, 0) is 35.8 Å². The lowest BCUT2D eigenvalue weighted by atomic mass is 9.86. The number of amides is 2. The van der Waals surface area contributed by atoms with Crippen molar-refractivity contribution in [3.63, 3.8) is 0 Å². The molecule has 0 spiro atoms. The molecule has 4 rings (SSSR count). The number of nitrogens with zero attached hydrogens (tertiary/aromatic N) is 2. The first kappa shape index (κ1) is 24.9. The van der Waals surface area contributed by atoms with Crippen molar-refractivity contribution in [1.29, 1.82) is 0 Å². The summed E-state index contributed by atoms with van der Waals surface area (Å²) in [4.78, 5) is 26.5. The zero-order valence-corrected chi connectivity index (χ0v) is 20.8. The van der Waals surface area contributed by atoms with Crippen LogP contribution in [0.15, 0.2) is 48.5 Å². The third-order valence-electron chi connectivity index (χ3n) is 6.80. The van der Waals surface area contributed by atoms with Gasteiger partial charge in [0.15, 0.2) is 5.69 Å². The first-order valence-electron chi connectivity index (χ1n) is 12.5. The van der Waals surface area contributed by atoms with Gasteiger partial charge in [0, 0.05) is 18.5 Å². The lowest BCUT2D eigenvalue weighted by Gasteiger charge is -2.30. The van der Waals surface area contributed by atoms with Gasteiger partial charge in [0.1, 0.15) is 17.4 Å². The molecular weight excluding hydrogens is 443 g/mol. The van der Waals surface area contributed by atoms with Crippen LogP contribution in [-0.2, 0) is 17.9 Å². The Balaban J connectivity index is 1.56. The van der Waals surface area contributed by atoms with Crippen LogP contribution in [0.5, 0.6) is 0 Å². The first-order chi connectivity index (χ1) is 16.7. The number of aromatic nitrogens is 2. The van der Waals surface area contributed by atoms with Gasteiger partial charge in [0.05, 0.1) is 0 Å². The molecule has 1 aliphatic rings. The first-order valence-corrected chi connectivity index (χ1v) is 12.5. The van der Waals surface area contributed by atoms with E-state index in [1.165, 1.54) is 25.3 Å². The minimum absolute atomic E-state index is 0.153. The molecule has 186 valence electrons. The molecule has 1 unspecified atom stereocenters. The topological polar surface area (TPSA) is 76.0 Å². The monoisotopic (exact) mass is 478 g/mol. The fourth-order valence-corrected chi connectivity index (χ4v) is 4.87. The fourth-order valence-electron chi connectivity index (χ4n) is 4.87. The summed E-state index contributed by atoms with van der Waals surface area (Å²) in [5.74, 6) is -0.712. The zero-order chi connectivity index (χ0) is 25.0. The number of carbonyl (C=O) groups is 2. The van der Waals surface area contributed by atoms with Crippen molar-refractivity contribution < 1.29 is 14.0 Å². The third kappa shape index (κ3) is 5.89. The van der Waals surface area contributed by atoms with Crippen molar-refractivity contribution in [3.8, 4) is 0 Å². The van der Waals surface area contributed by atoms with Crippen LogP contribution in [0.1, 0.15) is 68.9 Å². The van der Waals surface area contributed by atoms with Gasteiger partial charge in [-0.2, -0.15) is 5.10 Å². The second-order valence-electron chi connectivity index (χ2n) is 10.6. The molecule has 6 nitrogen and oxygen atoms in total. The summed E-state index contributed by atoms with van der Waals surface area (Å²) in [6, 6.07) is 13.5. The van der Waals surface area contributed by atoms with Gasteiger partial charge in [0.25, 0.3) is 5.91 Å². The number of nitrogens with one attached hydrogen (secondary N) is 2. The molecule has 35 heavy (non-hydrogen) atoms. The predicted octanol–water partition coefficient (Wildman–Crippen LogP) is 5.22. The molecule has 0 radical (unpaired) electrons. The van der Waals surface area contributed by atoms with Gasteiger partial charge in [-0.15, -0.1) is 0 Å². The standard InChI is InChI=1S/C28H35FN4O2/c1-28(2,3)25(27(35)30-17-19-11-6-4-7-12-19)31-26(34)23-21-15-10-16-22(29)24(21)33(32-23)18-20-13-8-5-9-14-20/h4,6-7,10-12,15-16,20,25H,5,8-9,13-14,17-18H2,1-3H3,(H,30,35)(H,31,34). The van der Waals surface area contributed by atoms with E-state index in [4.69, 9.17) is 0 Å². The maximum absolute atomic E-state index is 14.9. The summed E-state index contributed by atoms with van der Waals surface area (Å²) in [5.41, 5.74) is 0.939. The molecular formula is C28H35FN4O2. The summed E-state index contributed by atoms with van der Waals surface area (Å²) in [6.45, 7) is 6.66. The molecule has 1 heterocycles. The molecule has 0 aliphatic heterocycles. The summed E-state index contributed by atoms with van der Waals surface area (Å²) in [7, 11) is 0. The zero-order valence-electron chi connectivity index (χ0n) is 20.8. The Bertz CT molecular complexity index is 1180. The minimum Gasteiger partial charge on any atom is -0.350 e. The molecule has 7 heteroatoms. The maximum atomic E-state index is 14.9. The number of carbonyl (C=O) groups excluding carboxylic acids is 2. The van der Waals surface area contributed by atoms with Crippen LogP contribution < -0.4 is 10.6 Å². The third-order valence-corrected chi connectivity index (χ3v) is 6.80. The van der Waals surface area contributed by atoms with Crippen LogP contribution >= 0.6 is 0 Å². The van der Waals surface area contributed by atoms with E-state index in [1.54, 1.807) is 16.8 Å². The molecule has 1 saturated carbocycles. The van der Waals surface area contributed by atoms with Crippen molar-refractivity contribution in [2.24, 2.45) is 11.3 Å². The second-order valence-corrected chi connectivity index (χ2v) is 10.6. The van der Waals surface area contributed by atoms with E-state index in [-0.39, 0.29) is 11.6 Å². The quantitative estimate of drug-likeness (QED) is 0.489. The molecule has 1 atom stereocenters. The lowest BCUT2D eigenvalue weighted by Crippen LogP contribution is -2.53. The van der Waals surface area contributed by atoms with Crippen molar-refractivity contribution in [2.75, 3.05) is 0 Å². The Morgan fingerprint density at radius 3 is 2.46 bits per heavy atom. The molecule has 1 aromatic heterocycles. The number of fused-ring (bicyclic) bond motifs is 1. The Labute approximate surface area is 206 Å². The van der Waals surface area contributed by atoms with E-state index in [1.807, 2.05) is 51.1 Å². The average molecular weight is 479 g/mol. The largest absolute Gasteiger partial charge is 0.350 e. The van der Waals surface area contributed by atoms with Crippen LogP contribution in [-0.4, -0.2) is 27.6 Å². The molecule has 2 N–H and O–H groups in total. The van der Waals surface area contributed by atoms with Crippen LogP contribution in [0.3, 0.4) is 0 Å². The summed E-state index contributed by atoms with van der Waals surface area (Å²) >= 11 is 0. The van der Waals surface area contributed by atoms with E-state index < -0.39 is 23.2 Å². The summed E-state index contributed by atoms with van der Waals surface area (Å²) < 4.78 is 16.5. The van der Waals surface area contributed by atoms with Crippen LogP contribution in [0.4, 0.5) is 4.39 Å². The van der Waals surface area contributed by atoms with Gasteiger partial charge < -0.3 is 10.6 Å². The lowest BCUT2D eigenvalue weighted by molar-refractivity contribution is -0.125. The number of benzene rings is 2. The SMILES string of the molecule is CC(C)(C)C(NC(=O)c1nn(CC2CCCCC2)c2c(F)cccc12)C(=O)NCc1ccccc1. The molecule has 2 amide bonds. The predicted molar refractivity (Wildman–Crippen MR) is 135 cm³/mol. The maximum Gasteiger partial charge on any atom is 0.273 e. The smallest absolute Gasteiger partial charge is 0.273 e. The minimum atomic E-state index is -0.786. The highest BCUT2D eigenvalue weighted by Crippen LogP contribution is 2.29. The van der Waals surface area contributed by atoms with Gasteiger partial charge >= 0.3 is 0 Å². The summed E-state index contributed by atoms with van der Waals surface area (Å²) in [6.07, 6.45) is 5.75. The van der Waals surface area contributed by atoms with Crippen molar-refractivity contribution >= 4 is 22.7 Å². The highest BCUT2D eigenvalue weighted by molar-refractivity contribution is 6.06. The van der Waals surface area contributed by atoms with Gasteiger partial charge in [0.2, 0.25) is 5.91 Å². The van der Waals surface area contributed by atoms with Gasteiger partial charge in [-0.25, -0.2) is 4.39 Å². The Kier molecular flexibility index (Phi) is 7.53. The number of rotatable bonds is 7. The molecule has 2 aromatic carbocycles. The number of halogens is 1. The number of hydrogen-bond acceptors (Lipinski definition) is 3. The molecule has 0 saturated heterocycles. The van der Waals surface area contributed by atoms with E-state index in [0.717, 1.165) is 18.4 Å². The van der Waals surface area contributed by atoms with Gasteiger partial charge in [-0.3, -0.25) is 14.3 Å². The van der Waals surface area contributed by atoms with Crippen molar-refractivity contribution in [1.82, 2.24) is 20.4 Å². The van der Waals surface area contributed by atoms with Crippen LogP contribution in [0, 0.1) is 17.2 Å². The van der Waals surface area contributed by atoms with Crippen LogP contribution in [0.25, 0.3) is 10.9 Å². The molecule has 1 aliphatic carbocycles. The second kappa shape index (κ2) is 10.6. The Hall–Kier alpha value is -3.22. The Morgan fingerprint density at radius 1 is 1.06 bits per heavy atom. The Morgan fingerprint density at radius 2 is 1.77 bits per heavy atom. The highest BCUT2D eigenvalue weighted by Gasteiger charge is 2.34. The van der Waals surface area contributed by atoms with E-state index in [0.29, 0.717) is 29.9 Å². The molecule has 3 aromatic rings. The van der Waals surface area contributed by atoms with E-state index >= 15 is 0 Å². The highest BCUT2D eigenvalue weighted by atomic mass is 19.1. The van der Waals surface area contributed by atoms with Crippen molar-refractivity contribution in [3.05, 3.63) is 65.6 Å². The molecule has 0 bridgehead atoms. The van der Waals surface area contributed by atoms with Crippen LogP contribution in [0.2, 0.25) is 0 Å². The number of para-hydroxylation sites is 1.